The van der Waals surface area contributed by atoms with Crippen LogP contribution in [0.5, 0.6) is 0 Å². The Morgan fingerprint density at radius 1 is 1.24 bits per heavy atom. The van der Waals surface area contributed by atoms with E-state index in [4.69, 9.17) is 5.73 Å². The molecule has 1 fully saturated rings. The van der Waals surface area contributed by atoms with Crippen LogP contribution in [0.3, 0.4) is 0 Å². The number of rotatable bonds is 5. The second-order valence-electron chi connectivity index (χ2n) is 6.15. The van der Waals surface area contributed by atoms with Crippen molar-refractivity contribution in [2.45, 2.75) is 30.7 Å². The Kier molecular flexibility index (Phi) is 5.46. The molecule has 0 aromatic heterocycles. The minimum atomic E-state index is -3.85. The number of carboxylic acid groups (broad SMARTS) is 1. The number of carboxylic acids is 1. The first kappa shape index (κ1) is 18.9. The van der Waals surface area contributed by atoms with Gasteiger partial charge in [-0.15, -0.1) is 0 Å². The van der Waals surface area contributed by atoms with Crippen molar-refractivity contribution in [3.8, 4) is 0 Å². The molecule has 136 valence electrons. The summed E-state index contributed by atoms with van der Waals surface area (Å²) in [5, 5.41) is 9.39. The predicted octanol–water partition coefficient (Wildman–Crippen LogP) is 0.271. The van der Waals surface area contributed by atoms with Gasteiger partial charge in [-0.05, 0) is 43.0 Å². The molecular formula is C16H20N2O6S. The Morgan fingerprint density at radius 3 is 2.36 bits per heavy atom. The van der Waals surface area contributed by atoms with Crippen molar-refractivity contribution in [1.82, 2.24) is 4.90 Å². The van der Waals surface area contributed by atoms with Crippen LogP contribution >= 0.6 is 0 Å². The topological polar surface area (TPSA) is 135 Å². The third-order valence-electron chi connectivity index (χ3n) is 4.24. The van der Waals surface area contributed by atoms with Crippen LogP contribution in [-0.2, 0) is 19.4 Å². The fourth-order valence-electron chi connectivity index (χ4n) is 3.03. The molecule has 2 atom stereocenters. The van der Waals surface area contributed by atoms with E-state index in [-0.39, 0.29) is 16.4 Å². The van der Waals surface area contributed by atoms with Crippen molar-refractivity contribution < 1.29 is 27.9 Å². The summed E-state index contributed by atoms with van der Waals surface area (Å²) in [4.78, 5) is 36.1. The van der Waals surface area contributed by atoms with Crippen LogP contribution in [0.1, 0.15) is 30.1 Å². The average molecular weight is 368 g/mol. The molecule has 8 nitrogen and oxygen atoms in total. The number of nitrogens with zero attached hydrogens (tertiary/aromatic N) is 1. The number of aliphatic carboxylic acids is 1. The molecule has 0 saturated carbocycles. The molecule has 3 N–H and O–H groups in total. The molecule has 0 aliphatic carbocycles. The van der Waals surface area contributed by atoms with Crippen LogP contribution in [0.2, 0.25) is 0 Å². The normalized spacial score (nSPS) is 20.9. The Bertz CT molecular complexity index is 787. The Balaban J connectivity index is 2.25. The van der Waals surface area contributed by atoms with Crippen LogP contribution in [0.4, 0.5) is 0 Å². The maximum Gasteiger partial charge on any atom is 0.326 e. The maximum absolute atomic E-state index is 12.6. The Hall–Kier alpha value is -2.42. The third kappa shape index (κ3) is 4.16. The zero-order valence-electron chi connectivity index (χ0n) is 13.7. The van der Waals surface area contributed by atoms with Crippen molar-refractivity contribution >= 4 is 27.6 Å². The van der Waals surface area contributed by atoms with Crippen LogP contribution in [0.15, 0.2) is 29.2 Å². The summed E-state index contributed by atoms with van der Waals surface area (Å²) in [6.45, 7) is 2.12. The number of carbonyl (C=O) groups is 3. The molecule has 2 rings (SSSR count). The molecule has 9 heteroatoms. The van der Waals surface area contributed by atoms with Crippen molar-refractivity contribution in [3.63, 3.8) is 0 Å². The monoisotopic (exact) mass is 368 g/mol. The summed E-state index contributed by atoms with van der Waals surface area (Å²) < 4.78 is 23.9. The number of sulfone groups is 1. The summed E-state index contributed by atoms with van der Waals surface area (Å²) in [5.74, 6) is -3.46. The van der Waals surface area contributed by atoms with E-state index in [1.165, 1.54) is 29.2 Å². The molecule has 2 amide bonds. The zero-order chi connectivity index (χ0) is 18.8. The van der Waals surface area contributed by atoms with Crippen molar-refractivity contribution in [3.05, 3.63) is 29.8 Å². The predicted molar refractivity (Wildman–Crippen MR) is 88.5 cm³/mol. The van der Waals surface area contributed by atoms with Gasteiger partial charge in [-0.1, -0.05) is 6.92 Å². The van der Waals surface area contributed by atoms with E-state index in [2.05, 4.69) is 0 Å². The third-order valence-corrected chi connectivity index (χ3v) is 5.89. The van der Waals surface area contributed by atoms with Crippen molar-refractivity contribution in [2.75, 3.05) is 12.3 Å². The molecule has 2 unspecified atom stereocenters. The minimum Gasteiger partial charge on any atom is -0.480 e. The molecule has 1 saturated heterocycles. The van der Waals surface area contributed by atoms with Gasteiger partial charge in [0.25, 0.3) is 5.91 Å². The van der Waals surface area contributed by atoms with Gasteiger partial charge in [0.15, 0.2) is 9.84 Å². The number of carbonyl (C=O) groups excluding carboxylic acids is 2. The van der Waals surface area contributed by atoms with Gasteiger partial charge in [0.1, 0.15) is 11.8 Å². The van der Waals surface area contributed by atoms with Gasteiger partial charge >= 0.3 is 5.97 Å². The van der Waals surface area contributed by atoms with Crippen LogP contribution in [0, 0.1) is 5.92 Å². The van der Waals surface area contributed by atoms with E-state index in [9.17, 15) is 27.9 Å². The minimum absolute atomic E-state index is 0.121. The Morgan fingerprint density at radius 2 is 1.84 bits per heavy atom. The van der Waals surface area contributed by atoms with Gasteiger partial charge in [-0.2, -0.15) is 0 Å². The number of hydrogen-bond donors (Lipinski definition) is 2. The smallest absolute Gasteiger partial charge is 0.326 e. The maximum atomic E-state index is 12.6. The van der Waals surface area contributed by atoms with Gasteiger partial charge in [-0.25, -0.2) is 13.2 Å². The molecule has 0 spiro atoms. The molecule has 1 heterocycles. The quantitative estimate of drug-likeness (QED) is 0.766. The molecular weight excluding hydrogens is 348 g/mol. The number of piperidine rings is 1. The lowest BCUT2D eigenvalue weighted by atomic mass is 9.90. The van der Waals surface area contributed by atoms with E-state index < -0.39 is 39.4 Å². The van der Waals surface area contributed by atoms with Gasteiger partial charge in [0.2, 0.25) is 5.91 Å². The molecule has 0 bridgehead atoms. The summed E-state index contributed by atoms with van der Waals surface area (Å²) in [6.07, 6.45) is 1.44. The largest absolute Gasteiger partial charge is 0.480 e. The van der Waals surface area contributed by atoms with Gasteiger partial charge in [-0.3, -0.25) is 9.59 Å². The average Bonchev–Trinajstić information content (AvgIpc) is 2.52. The lowest BCUT2D eigenvalue weighted by Crippen LogP contribution is -2.51. The van der Waals surface area contributed by atoms with E-state index >= 15 is 0 Å². The molecule has 1 aliphatic heterocycles. The number of nitrogens with two attached hydrogens (primary N) is 1. The van der Waals surface area contributed by atoms with Crippen molar-refractivity contribution in [1.29, 1.82) is 0 Å². The van der Waals surface area contributed by atoms with Crippen LogP contribution in [-0.4, -0.2) is 54.5 Å². The summed E-state index contributed by atoms with van der Waals surface area (Å²) in [5.41, 5.74) is 5.11. The van der Waals surface area contributed by atoms with E-state index in [1.54, 1.807) is 6.92 Å². The number of hydrogen-bond acceptors (Lipinski definition) is 5. The van der Waals surface area contributed by atoms with E-state index in [0.717, 1.165) is 6.42 Å². The second-order valence-corrected chi connectivity index (χ2v) is 8.14. The van der Waals surface area contributed by atoms with E-state index in [1.807, 2.05) is 0 Å². The second kappa shape index (κ2) is 7.22. The lowest BCUT2D eigenvalue weighted by molar-refractivity contribution is -0.145. The van der Waals surface area contributed by atoms with Gasteiger partial charge in [0.05, 0.1) is 4.90 Å². The summed E-state index contributed by atoms with van der Waals surface area (Å²) in [6, 6.07) is 4.16. The highest BCUT2D eigenvalue weighted by Crippen LogP contribution is 2.25. The van der Waals surface area contributed by atoms with Gasteiger partial charge < -0.3 is 15.7 Å². The fourth-order valence-corrected chi connectivity index (χ4v) is 4.13. The first-order chi connectivity index (χ1) is 11.6. The number of amides is 2. The summed E-state index contributed by atoms with van der Waals surface area (Å²) in [7, 11) is -3.85. The highest BCUT2D eigenvalue weighted by molar-refractivity contribution is 7.92. The lowest BCUT2D eigenvalue weighted by Gasteiger charge is -2.37. The van der Waals surface area contributed by atoms with E-state index in [0.29, 0.717) is 13.0 Å². The van der Waals surface area contributed by atoms with Crippen LogP contribution in [0.25, 0.3) is 0 Å². The highest BCUT2D eigenvalue weighted by Gasteiger charge is 2.37. The van der Waals surface area contributed by atoms with Crippen LogP contribution < -0.4 is 5.73 Å². The number of primary amides is 1. The summed E-state index contributed by atoms with van der Waals surface area (Å²) >= 11 is 0. The Labute approximate surface area is 145 Å². The number of benzene rings is 1. The highest BCUT2D eigenvalue weighted by atomic mass is 32.2. The molecule has 1 aromatic rings. The molecule has 0 radical (unpaired) electrons. The molecule has 1 aliphatic rings. The number of likely N-dealkylation sites (tertiary alicyclic amines) is 1. The van der Waals surface area contributed by atoms with Gasteiger partial charge in [0, 0.05) is 12.1 Å². The standard InChI is InChI=1S/C16H20N2O6S/c1-10-3-2-8-18(14(10)16(21)22)15(20)11-4-6-12(7-5-11)25(23,24)9-13(17)19/h4-7,10,14H,2-3,8-9H2,1H3,(H2,17,19)(H,21,22). The van der Waals surface area contributed by atoms with Crippen molar-refractivity contribution in [2.24, 2.45) is 11.7 Å². The first-order valence-electron chi connectivity index (χ1n) is 7.78. The first-order valence-corrected chi connectivity index (χ1v) is 9.43. The zero-order valence-corrected chi connectivity index (χ0v) is 14.5. The SMILES string of the molecule is CC1CCCN(C(=O)c2ccc(S(=O)(=O)CC(N)=O)cc2)C1C(=O)O. The fraction of sp³-hybridized carbons (Fsp3) is 0.438. The molecule has 25 heavy (non-hydrogen) atoms. The molecule has 1 aromatic carbocycles.